The minimum atomic E-state index is -1.66. The first-order valence-electron chi connectivity index (χ1n) is 5.78. The van der Waals surface area contributed by atoms with Crippen LogP contribution in [0.3, 0.4) is 0 Å². The van der Waals surface area contributed by atoms with Crippen LogP contribution in [0.25, 0.3) is 11.1 Å². The molecule has 0 aromatic heterocycles. The second-order valence-corrected chi connectivity index (χ2v) is 4.18. The second-order valence-electron chi connectivity index (χ2n) is 4.18. The standard InChI is InChI=1S/C14H7FNO6/c15-12-10(13(17)18)6-5-9(11(12)14(19)20)7-1-3-8(4-2-7)16(21)22/h1-4,6H,(H,17,18)(H,19,20). The molecule has 0 aliphatic carbocycles. The van der Waals surface area contributed by atoms with Crippen molar-refractivity contribution in [3.05, 3.63) is 63.5 Å². The minimum absolute atomic E-state index is 0.166. The third-order valence-electron chi connectivity index (χ3n) is 2.88. The van der Waals surface area contributed by atoms with E-state index < -0.39 is 33.8 Å². The lowest BCUT2D eigenvalue weighted by Gasteiger charge is -2.09. The van der Waals surface area contributed by atoms with Gasteiger partial charge in [-0.2, -0.15) is 0 Å². The molecule has 2 aromatic rings. The van der Waals surface area contributed by atoms with Gasteiger partial charge >= 0.3 is 11.9 Å². The van der Waals surface area contributed by atoms with Gasteiger partial charge in [0.1, 0.15) is 5.56 Å². The summed E-state index contributed by atoms with van der Waals surface area (Å²) in [5.41, 5.74) is -1.91. The predicted octanol–water partition coefficient (Wildman–Crippen LogP) is 2.60. The van der Waals surface area contributed by atoms with Crippen molar-refractivity contribution in [1.29, 1.82) is 0 Å². The summed E-state index contributed by atoms with van der Waals surface area (Å²) in [5.74, 6) is -4.68. The van der Waals surface area contributed by atoms with Crippen LogP contribution in [0, 0.1) is 22.0 Å². The van der Waals surface area contributed by atoms with Crippen molar-refractivity contribution in [3.8, 4) is 11.1 Å². The zero-order valence-electron chi connectivity index (χ0n) is 10.7. The van der Waals surface area contributed by atoms with E-state index in [1.54, 1.807) is 0 Å². The fourth-order valence-corrected chi connectivity index (χ4v) is 1.86. The Morgan fingerprint density at radius 1 is 1.14 bits per heavy atom. The van der Waals surface area contributed by atoms with Crippen LogP contribution in [0.4, 0.5) is 10.1 Å². The number of halogens is 1. The van der Waals surface area contributed by atoms with Crippen LogP contribution in [0.2, 0.25) is 0 Å². The molecule has 7 nitrogen and oxygen atoms in total. The Hall–Kier alpha value is -3.29. The summed E-state index contributed by atoms with van der Waals surface area (Å²) in [7, 11) is 0. The average molecular weight is 304 g/mol. The van der Waals surface area contributed by atoms with Crippen molar-refractivity contribution >= 4 is 17.6 Å². The maximum Gasteiger partial charge on any atom is 0.339 e. The van der Waals surface area contributed by atoms with Crippen LogP contribution in [-0.4, -0.2) is 27.1 Å². The molecule has 8 heteroatoms. The Morgan fingerprint density at radius 2 is 1.73 bits per heavy atom. The van der Waals surface area contributed by atoms with Crippen LogP contribution in [0.5, 0.6) is 0 Å². The first-order valence-corrected chi connectivity index (χ1v) is 5.78. The third kappa shape index (κ3) is 2.62. The van der Waals surface area contributed by atoms with Gasteiger partial charge in [-0.25, -0.2) is 14.0 Å². The van der Waals surface area contributed by atoms with Crippen LogP contribution in [-0.2, 0) is 0 Å². The first kappa shape index (κ1) is 15.1. The topological polar surface area (TPSA) is 118 Å². The summed E-state index contributed by atoms with van der Waals surface area (Å²) in [6.45, 7) is 0. The lowest BCUT2D eigenvalue weighted by atomic mass is 9.96. The Kier molecular flexibility index (Phi) is 3.85. The van der Waals surface area contributed by atoms with Gasteiger partial charge in [-0.15, -0.1) is 0 Å². The number of rotatable bonds is 4. The summed E-state index contributed by atoms with van der Waals surface area (Å²) in [4.78, 5) is 32.0. The number of nitro groups is 1. The molecule has 2 rings (SSSR count). The quantitative estimate of drug-likeness (QED) is 0.662. The molecule has 22 heavy (non-hydrogen) atoms. The summed E-state index contributed by atoms with van der Waals surface area (Å²) < 4.78 is 14.0. The van der Waals surface area contributed by atoms with Gasteiger partial charge in [0, 0.05) is 17.7 Å². The molecule has 111 valence electrons. The van der Waals surface area contributed by atoms with E-state index in [2.05, 4.69) is 6.07 Å². The number of hydrogen-bond acceptors (Lipinski definition) is 4. The Balaban J connectivity index is 2.65. The molecule has 2 N–H and O–H groups in total. The summed E-state index contributed by atoms with van der Waals surface area (Å²) in [6, 6.07) is 7.93. The van der Waals surface area contributed by atoms with E-state index in [1.807, 2.05) is 0 Å². The number of aromatic carboxylic acids is 2. The highest BCUT2D eigenvalue weighted by atomic mass is 19.1. The molecule has 1 radical (unpaired) electrons. The zero-order chi connectivity index (χ0) is 16.4. The largest absolute Gasteiger partial charge is 0.478 e. The average Bonchev–Trinajstić information content (AvgIpc) is 2.46. The summed E-state index contributed by atoms with van der Waals surface area (Å²) >= 11 is 0. The smallest absolute Gasteiger partial charge is 0.339 e. The fraction of sp³-hybridized carbons (Fsp3) is 0. The third-order valence-corrected chi connectivity index (χ3v) is 2.88. The zero-order valence-corrected chi connectivity index (χ0v) is 10.7. The van der Waals surface area contributed by atoms with E-state index in [0.29, 0.717) is 0 Å². The van der Waals surface area contributed by atoms with Crippen LogP contribution < -0.4 is 0 Å². The van der Waals surface area contributed by atoms with Crippen molar-refractivity contribution < 1.29 is 29.1 Å². The van der Waals surface area contributed by atoms with Gasteiger partial charge in [-0.1, -0.05) is 0 Å². The van der Waals surface area contributed by atoms with Gasteiger partial charge in [0.2, 0.25) is 0 Å². The van der Waals surface area contributed by atoms with Crippen molar-refractivity contribution in [1.82, 2.24) is 0 Å². The molecule has 0 unspecified atom stereocenters. The predicted molar refractivity (Wildman–Crippen MR) is 71.2 cm³/mol. The monoisotopic (exact) mass is 304 g/mol. The SMILES string of the molecule is O=C(O)c1c[c]c(-c2ccc([N+](=O)[O-])cc2)c(C(=O)O)c1F. The maximum absolute atomic E-state index is 14.0. The van der Waals surface area contributed by atoms with E-state index in [4.69, 9.17) is 10.2 Å². The van der Waals surface area contributed by atoms with Gasteiger partial charge < -0.3 is 10.2 Å². The van der Waals surface area contributed by atoms with E-state index in [0.717, 1.165) is 18.2 Å². The number of benzene rings is 2. The molecule has 0 spiro atoms. The van der Waals surface area contributed by atoms with Crippen LogP contribution >= 0.6 is 0 Å². The number of carboxylic acid groups (broad SMARTS) is 2. The molecule has 0 bridgehead atoms. The Bertz CT molecular complexity index is 785. The van der Waals surface area contributed by atoms with Crippen molar-refractivity contribution in [2.24, 2.45) is 0 Å². The highest BCUT2D eigenvalue weighted by Gasteiger charge is 2.23. The molecule has 0 fully saturated rings. The molecule has 2 aromatic carbocycles. The molecule has 0 saturated carbocycles. The lowest BCUT2D eigenvalue weighted by Crippen LogP contribution is -2.10. The summed E-state index contributed by atoms with van der Waals surface area (Å²) in [5, 5.41) is 28.5. The Labute approximate surface area is 122 Å². The van der Waals surface area contributed by atoms with Gasteiger partial charge in [-0.05, 0) is 29.8 Å². The van der Waals surface area contributed by atoms with Crippen molar-refractivity contribution in [2.45, 2.75) is 0 Å². The lowest BCUT2D eigenvalue weighted by molar-refractivity contribution is -0.384. The molecule has 0 heterocycles. The number of nitro benzene ring substituents is 1. The maximum atomic E-state index is 14.0. The molecule has 0 aliphatic rings. The van der Waals surface area contributed by atoms with Gasteiger partial charge in [0.25, 0.3) is 5.69 Å². The first-order chi connectivity index (χ1) is 10.3. The van der Waals surface area contributed by atoms with Gasteiger partial charge in [0.15, 0.2) is 5.82 Å². The van der Waals surface area contributed by atoms with E-state index in [9.17, 15) is 24.1 Å². The number of carbonyl (C=O) groups is 2. The second kappa shape index (κ2) is 5.60. The minimum Gasteiger partial charge on any atom is -0.478 e. The highest BCUT2D eigenvalue weighted by molar-refractivity contribution is 6.00. The number of non-ortho nitro benzene ring substituents is 1. The van der Waals surface area contributed by atoms with Crippen LogP contribution in [0.15, 0.2) is 30.3 Å². The molecule has 0 amide bonds. The number of hydrogen-bond donors (Lipinski definition) is 2. The molecule has 0 saturated heterocycles. The fourth-order valence-electron chi connectivity index (χ4n) is 1.86. The highest BCUT2D eigenvalue weighted by Crippen LogP contribution is 2.28. The number of nitrogens with zero attached hydrogens (tertiary/aromatic N) is 1. The van der Waals surface area contributed by atoms with Gasteiger partial charge in [-0.3, -0.25) is 10.1 Å². The van der Waals surface area contributed by atoms with E-state index in [1.165, 1.54) is 12.1 Å². The molecular weight excluding hydrogens is 297 g/mol. The van der Waals surface area contributed by atoms with E-state index in [-0.39, 0.29) is 16.8 Å². The molecule has 0 aliphatic heterocycles. The van der Waals surface area contributed by atoms with E-state index >= 15 is 0 Å². The molecule has 0 atom stereocenters. The molecular formula is C14H7FNO6. The van der Waals surface area contributed by atoms with Crippen molar-refractivity contribution in [2.75, 3.05) is 0 Å². The number of carboxylic acids is 2. The van der Waals surface area contributed by atoms with Crippen molar-refractivity contribution in [3.63, 3.8) is 0 Å². The summed E-state index contributed by atoms with van der Waals surface area (Å²) in [6.07, 6.45) is 0. The Morgan fingerprint density at radius 3 is 2.18 bits per heavy atom. The van der Waals surface area contributed by atoms with Gasteiger partial charge in [0.05, 0.1) is 10.5 Å². The normalized spacial score (nSPS) is 10.2. The van der Waals surface area contributed by atoms with Crippen LogP contribution in [0.1, 0.15) is 20.7 Å².